The van der Waals surface area contributed by atoms with E-state index in [-0.39, 0.29) is 5.91 Å². The van der Waals surface area contributed by atoms with Gasteiger partial charge in [-0.1, -0.05) is 6.07 Å². The van der Waals surface area contributed by atoms with E-state index in [0.717, 1.165) is 9.47 Å². The summed E-state index contributed by atoms with van der Waals surface area (Å²) in [4.78, 5) is 13.8. The number of nitrogens with zero attached hydrogens (tertiary/aromatic N) is 1. The van der Waals surface area contributed by atoms with E-state index in [2.05, 4.69) is 15.9 Å². The molecule has 5 heteroatoms. The highest BCUT2D eigenvalue weighted by Crippen LogP contribution is 2.28. The van der Waals surface area contributed by atoms with Gasteiger partial charge in [-0.15, -0.1) is 11.3 Å². The number of benzene rings is 1. The third kappa shape index (κ3) is 2.68. The molecule has 1 aromatic heterocycles. The van der Waals surface area contributed by atoms with Gasteiger partial charge in [0.15, 0.2) is 0 Å². The molecule has 0 aliphatic heterocycles. The molecule has 2 rings (SSSR count). The number of rotatable bonds is 2. The summed E-state index contributed by atoms with van der Waals surface area (Å²) >= 11 is 4.88. The number of carbonyl (C=O) groups excluding carboxylic acids is 1. The van der Waals surface area contributed by atoms with Gasteiger partial charge >= 0.3 is 0 Å². The van der Waals surface area contributed by atoms with Gasteiger partial charge in [-0.3, -0.25) is 4.79 Å². The Kier molecular flexibility index (Phi) is 3.49. The number of hydrogen-bond donors (Lipinski definition) is 1. The molecule has 0 unspecified atom stereocenters. The Morgan fingerprint density at radius 1 is 1.41 bits per heavy atom. The van der Waals surface area contributed by atoms with Gasteiger partial charge in [0.1, 0.15) is 0 Å². The first-order valence-corrected chi connectivity index (χ1v) is 6.63. The van der Waals surface area contributed by atoms with Crippen LogP contribution >= 0.6 is 27.3 Å². The maximum atomic E-state index is 12.2. The minimum Gasteiger partial charge on any atom is -0.399 e. The molecule has 0 aliphatic rings. The number of anilines is 2. The van der Waals surface area contributed by atoms with E-state index in [1.165, 1.54) is 11.3 Å². The van der Waals surface area contributed by atoms with Crippen LogP contribution in [-0.4, -0.2) is 13.0 Å². The first-order chi connectivity index (χ1) is 8.08. The van der Waals surface area contributed by atoms with Gasteiger partial charge in [0.2, 0.25) is 0 Å². The van der Waals surface area contributed by atoms with Crippen LogP contribution in [0.25, 0.3) is 0 Å². The standard InChI is InChI=1S/C12H11BrN2OS/c1-15(11-6-9(13)7-17-11)12(16)8-3-2-4-10(14)5-8/h2-7H,14H2,1H3. The van der Waals surface area contributed by atoms with Crippen LogP contribution < -0.4 is 10.6 Å². The summed E-state index contributed by atoms with van der Waals surface area (Å²) in [6.45, 7) is 0. The number of hydrogen-bond acceptors (Lipinski definition) is 3. The van der Waals surface area contributed by atoms with Crippen molar-refractivity contribution < 1.29 is 4.79 Å². The highest BCUT2D eigenvalue weighted by Gasteiger charge is 2.14. The summed E-state index contributed by atoms with van der Waals surface area (Å²) in [5.41, 5.74) is 6.85. The Hall–Kier alpha value is -1.33. The van der Waals surface area contributed by atoms with Crippen molar-refractivity contribution in [1.29, 1.82) is 0 Å². The Bertz CT molecular complexity index is 553. The molecule has 0 spiro atoms. The summed E-state index contributed by atoms with van der Waals surface area (Å²) in [6, 6.07) is 8.90. The zero-order chi connectivity index (χ0) is 12.4. The summed E-state index contributed by atoms with van der Waals surface area (Å²) in [6.07, 6.45) is 0. The van der Waals surface area contributed by atoms with Crippen molar-refractivity contribution in [3.63, 3.8) is 0 Å². The van der Waals surface area contributed by atoms with E-state index in [4.69, 9.17) is 5.73 Å². The largest absolute Gasteiger partial charge is 0.399 e. The van der Waals surface area contributed by atoms with Crippen LogP contribution in [0.4, 0.5) is 10.7 Å². The third-order valence-electron chi connectivity index (χ3n) is 2.32. The molecule has 0 radical (unpaired) electrons. The summed E-state index contributed by atoms with van der Waals surface area (Å²) in [7, 11) is 1.75. The lowest BCUT2D eigenvalue weighted by atomic mass is 10.2. The van der Waals surface area contributed by atoms with E-state index in [0.29, 0.717) is 11.3 Å². The number of halogens is 1. The smallest absolute Gasteiger partial charge is 0.258 e. The zero-order valence-electron chi connectivity index (χ0n) is 9.18. The molecule has 1 amide bonds. The van der Waals surface area contributed by atoms with Crippen molar-refractivity contribution >= 4 is 43.9 Å². The van der Waals surface area contributed by atoms with Gasteiger partial charge in [-0.2, -0.15) is 0 Å². The average molecular weight is 311 g/mol. The molecule has 1 heterocycles. The van der Waals surface area contributed by atoms with Gasteiger partial charge < -0.3 is 10.6 Å². The van der Waals surface area contributed by atoms with E-state index < -0.39 is 0 Å². The molecule has 17 heavy (non-hydrogen) atoms. The fourth-order valence-electron chi connectivity index (χ4n) is 1.44. The molecular weight excluding hydrogens is 300 g/mol. The van der Waals surface area contributed by atoms with Crippen molar-refractivity contribution in [1.82, 2.24) is 0 Å². The molecule has 0 fully saturated rings. The second kappa shape index (κ2) is 4.89. The monoisotopic (exact) mass is 310 g/mol. The maximum absolute atomic E-state index is 12.2. The van der Waals surface area contributed by atoms with E-state index in [9.17, 15) is 4.79 Å². The average Bonchev–Trinajstić information content (AvgIpc) is 2.74. The number of thiophene rings is 1. The lowest BCUT2D eigenvalue weighted by Gasteiger charge is -2.15. The van der Waals surface area contributed by atoms with E-state index >= 15 is 0 Å². The Balaban J connectivity index is 2.26. The SMILES string of the molecule is CN(C(=O)c1cccc(N)c1)c1cc(Br)cs1. The molecule has 0 saturated heterocycles. The topological polar surface area (TPSA) is 46.3 Å². The summed E-state index contributed by atoms with van der Waals surface area (Å²) in [5.74, 6) is -0.0633. The fraction of sp³-hybridized carbons (Fsp3) is 0.0833. The lowest BCUT2D eigenvalue weighted by Crippen LogP contribution is -2.25. The van der Waals surface area contributed by atoms with Crippen LogP contribution in [0, 0.1) is 0 Å². The van der Waals surface area contributed by atoms with Crippen LogP contribution in [0.2, 0.25) is 0 Å². The van der Waals surface area contributed by atoms with Gasteiger partial charge in [-0.05, 0) is 40.2 Å². The molecule has 3 nitrogen and oxygen atoms in total. The third-order valence-corrected chi connectivity index (χ3v) is 4.09. The molecule has 0 bridgehead atoms. The molecule has 0 atom stereocenters. The van der Waals surface area contributed by atoms with E-state index in [1.54, 1.807) is 36.2 Å². The fourth-order valence-corrected chi connectivity index (χ4v) is 2.83. The Morgan fingerprint density at radius 3 is 2.76 bits per heavy atom. The number of nitrogens with two attached hydrogens (primary N) is 1. The van der Waals surface area contributed by atoms with Gasteiger partial charge in [0, 0.05) is 28.2 Å². The number of amides is 1. The lowest BCUT2D eigenvalue weighted by molar-refractivity contribution is 0.0993. The van der Waals surface area contributed by atoms with Crippen LogP contribution in [0.5, 0.6) is 0 Å². The Morgan fingerprint density at radius 2 is 2.18 bits per heavy atom. The summed E-state index contributed by atoms with van der Waals surface area (Å²) < 4.78 is 0.977. The zero-order valence-corrected chi connectivity index (χ0v) is 11.6. The summed E-state index contributed by atoms with van der Waals surface area (Å²) in [5, 5.41) is 2.84. The minimum atomic E-state index is -0.0633. The first-order valence-electron chi connectivity index (χ1n) is 4.95. The maximum Gasteiger partial charge on any atom is 0.258 e. The predicted octanol–water partition coefficient (Wildman–Crippen LogP) is 3.37. The predicted molar refractivity (Wildman–Crippen MR) is 75.6 cm³/mol. The van der Waals surface area contributed by atoms with Crippen molar-refractivity contribution in [2.75, 3.05) is 17.7 Å². The minimum absolute atomic E-state index is 0.0633. The molecule has 0 saturated carbocycles. The first kappa shape index (κ1) is 12.1. The van der Waals surface area contributed by atoms with Crippen LogP contribution in [0.3, 0.4) is 0 Å². The van der Waals surface area contributed by atoms with Gasteiger partial charge in [-0.25, -0.2) is 0 Å². The van der Waals surface area contributed by atoms with Crippen LogP contribution in [0.15, 0.2) is 40.2 Å². The molecule has 1 aromatic carbocycles. The van der Waals surface area contributed by atoms with Crippen molar-refractivity contribution in [3.05, 3.63) is 45.7 Å². The second-order valence-corrected chi connectivity index (χ2v) is 5.40. The van der Waals surface area contributed by atoms with Crippen molar-refractivity contribution in [2.45, 2.75) is 0 Å². The quantitative estimate of drug-likeness (QED) is 0.864. The normalized spacial score (nSPS) is 10.2. The Labute approximate surface area is 112 Å². The number of carbonyl (C=O) groups is 1. The molecular formula is C12H11BrN2OS. The molecule has 88 valence electrons. The number of nitrogen functional groups attached to an aromatic ring is 1. The second-order valence-electron chi connectivity index (χ2n) is 3.59. The highest BCUT2D eigenvalue weighted by atomic mass is 79.9. The van der Waals surface area contributed by atoms with Crippen LogP contribution in [0.1, 0.15) is 10.4 Å². The van der Waals surface area contributed by atoms with Gasteiger partial charge in [0.25, 0.3) is 5.91 Å². The molecule has 0 aliphatic carbocycles. The molecule has 2 N–H and O–H groups in total. The van der Waals surface area contributed by atoms with Crippen molar-refractivity contribution in [3.8, 4) is 0 Å². The van der Waals surface area contributed by atoms with Crippen LogP contribution in [-0.2, 0) is 0 Å². The molecule has 2 aromatic rings. The van der Waals surface area contributed by atoms with E-state index in [1.807, 2.05) is 11.4 Å². The highest BCUT2D eigenvalue weighted by molar-refractivity contribution is 9.10. The van der Waals surface area contributed by atoms with Gasteiger partial charge in [0.05, 0.1) is 5.00 Å². The van der Waals surface area contributed by atoms with Crippen molar-refractivity contribution in [2.24, 2.45) is 0 Å².